The van der Waals surface area contributed by atoms with E-state index in [9.17, 15) is 4.39 Å². The number of nitrogens with zero attached hydrogens (tertiary/aromatic N) is 2. The second-order valence-corrected chi connectivity index (χ2v) is 6.55. The van der Waals surface area contributed by atoms with Crippen LogP contribution in [0.2, 0.25) is 0 Å². The topological polar surface area (TPSA) is 27.1 Å². The molecule has 0 saturated carbocycles. The highest BCUT2D eigenvalue weighted by Crippen LogP contribution is 2.25. The van der Waals surface area contributed by atoms with Crippen LogP contribution in [0.1, 0.15) is 12.0 Å². The van der Waals surface area contributed by atoms with Crippen molar-refractivity contribution in [1.29, 1.82) is 0 Å². The number of ether oxygens (including phenoxy) is 1. The fourth-order valence-electron chi connectivity index (χ4n) is 3.24. The summed E-state index contributed by atoms with van der Waals surface area (Å²) in [6, 6.07) is 22.6. The zero-order valence-corrected chi connectivity index (χ0v) is 15.2. The van der Waals surface area contributed by atoms with Gasteiger partial charge in [-0.1, -0.05) is 30.3 Å². The summed E-state index contributed by atoms with van der Waals surface area (Å²) >= 11 is 0. The number of imidazole rings is 1. The standard InChI is InChI=1S/C23H21FN2O/c1-17-7-2-5-10-22(17)27-16-6-15-26-21-9-4-3-8-20(21)25-23(26)18-11-13-19(24)14-12-18/h2-5,7-14H,6,15-16H2,1H3. The van der Waals surface area contributed by atoms with E-state index in [1.165, 1.54) is 12.1 Å². The van der Waals surface area contributed by atoms with Crippen LogP contribution in [0.25, 0.3) is 22.4 Å². The smallest absolute Gasteiger partial charge is 0.141 e. The predicted molar refractivity (Wildman–Crippen MR) is 106 cm³/mol. The molecular weight excluding hydrogens is 339 g/mol. The average molecular weight is 360 g/mol. The van der Waals surface area contributed by atoms with Gasteiger partial charge in [0.15, 0.2) is 0 Å². The molecule has 0 atom stereocenters. The van der Waals surface area contributed by atoms with Gasteiger partial charge in [0.1, 0.15) is 17.4 Å². The van der Waals surface area contributed by atoms with Crippen molar-refractivity contribution in [2.45, 2.75) is 19.9 Å². The summed E-state index contributed by atoms with van der Waals surface area (Å²) in [5, 5.41) is 0. The highest BCUT2D eigenvalue weighted by atomic mass is 19.1. The minimum absolute atomic E-state index is 0.243. The number of halogens is 1. The third kappa shape index (κ3) is 3.70. The molecule has 0 bridgehead atoms. The summed E-state index contributed by atoms with van der Waals surface area (Å²) in [5.41, 5.74) is 4.06. The van der Waals surface area contributed by atoms with Crippen molar-refractivity contribution in [3.8, 4) is 17.1 Å². The fourth-order valence-corrected chi connectivity index (χ4v) is 3.24. The molecular formula is C23H21FN2O. The molecule has 0 saturated heterocycles. The van der Waals surface area contributed by atoms with Crippen LogP contribution in [0.5, 0.6) is 5.75 Å². The molecule has 3 nitrogen and oxygen atoms in total. The lowest BCUT2D eigenvalue weighted by Crippen LogP contribution is -2.06. The van der Waals surface area contributed by atoms with Gasteiger partial charge >= 0.3 is 0 Å². The summed E-state index contributed by atoms with van der Waals surface area (Å²) in [6.45, 7) is 3.45. The molecule has 4 aromatic rings. The summed E-state index contributed by atoms with van der Waals surface area (Å²) in [5.74, 6) is 1.53. The van der Waals surface area contributed by atoms with Crippen LogP contribution in [0.15, 0.2) is 72.8 Å². The van der Waals surface area contributed by atoms with Gasteiger partial charge in [0.05, 0.1) is 17.6 Å². The van der Waals surface area contributed by atoms with Gasteiger partial charge in [0, 0.05) is 12.1 Å². The normalized spacial score (nSPS) is 11.0. The van der Waals surface area contributed by atoms with Gasteiger partial charge in [-0.2, -0.15) is 0 Å². The largest absolute Gasteiger partial charge is 0.493 e. The Morgan fingerprint density at radius 2 is 1.67 bits per heavy atom. The van der Waals surface area contributed by atoms with E-state index in [2.05, 4.69) is 10.6 Å². The minimum Gasteiger partial charge on any atom is -0.493 e. The Balaban J connectivity index is 1.56. The SMILES string of the molecule is Cc1ccccc1OCCCn1c(-c2ccc(F)cc2)nc2ccccc21. The van der Waals surface area contributed by atoms with E-state index in [1.54, 1.807) is 12.1 Å². The lowest BCUT2D eigenvalue weighted by atomic mass is 10.2. The van der Waals surface area contributed by atoms with Gasteiger partial charge in [-0.05, 0) is 61.4 Å². The van der Waals surface area contributed by atoms with E-state index in [0.717, 1.165) is 46.7 Å². The number of benzene rings is 3. The van der Waals surface area contributed by atoms with Crippen LogP contribution in [0.4, 0.5) is 4.39 Å². The number of aryl methyl sites for hydroxylation is 2. The van der Waals surface area contributed by atoms with Crippen LogP contribution >= 0.6 is 0 Å². The number of hydrogen-bond donors (Lipinski definition) is 0. The van der Waals surface area contributed by atoms with E-state index >= 15 is 0 Å². The molecule has 0 aliphatic rings. The quantitative estimate of drug-likeness (QED) is 0.417. The maximum absolute atomic E-state index is 13.3. The molecule has 3 aromatic carbocycles. The number of para-hydroxylation sites is 3. The van der Waals surface area contributed by atoms with Gasteiger partial charge in [0.25, 0.3) is 0 Å². The zero-order chi connectivity index (χ0) is 18.6. The highest BCUT2D eigenvalue weighted by molar-refractivity contribution is 5.80. The van der Waals surface area contributed by atoms with Crippen LogP contribution in [-0.4, -0.2) is 16.2 Å². The monoisotopic (exact) mass is 360 g/mol. The zero-order valence-electron chi connectivity index (χ0n) is 15.2. The maximum Gasteiger partial charge on any atom is 0.141 e. The molecule has 0 radical (unpaired) electrons. The van der Waals surface area contributed by atoms with E-state index < -0.39 is 0 Å². The molecule has 1 aromatic heterocycles. The fraction of sp³-hybridized carbons (Fsp3) is 0.174. The van der Waals surface area contributed by atoms with Crippen LogP contribution in [0.3, 0.4) is 0 Å². The summed E-state index contributed by atoms with van der Waals surface area (Å²) in [6.07, 6.45) is 0.850. The van der Waals surface area contributed by atoms with Gasteiger partial charge in [-0.3, -0.25) is 0 Å². The molecule has 4 rings (SSSR count). The third-order valence-corrected chi connectivity index (χ3v) is 4.63. The Bertz CT molecular complexity index is 1050. The van der Waals surface area contributed by atoms with E-state index in [1.807, 2.05) is 49.4 Å². The number of aromatic nitrogens is 2. The minimum atomic E-state index is -0.243. The molecule has 27 heavy (non-hydrogen) atoms. The van der Waals surface area contributed by atoms with Crippen molar-refractivity contribution >= 4 is 11.0 Å². The highest BCUT2D eigenvalue weighted by Gasteiger charge is 2.12. The van der Waals surface area contributed by atoms with Gasteiger partial charge in [-0.15, -0.1) is 0 Å². The lowest BCUT2D eigenvalue weighted by Gasteiger charge is -2.11. The number of hydrogen-bond acceptors (Lipinski definition) is 2. The van der Waals surface area contributed by atoms with Crippen molar-refractivity contribution in [3.63, 3.8) is 0 Å². The Kier molecular flexibility index (Phi) is 4.88. The molecule has 0 amide bonds. The Morgan fingerprint density at radius 1 is 0.926 bits per heavy atom. The molecule has 0 spiro atoms. The van der Waals surface area contributed by atoms with E-state index in [4.69, 9.17) is 9.72 Å². The molecule has 1 heterocycles. The first-order valence-corrected chi connectivity index (χ1v) is 9.12. The van der Waals surface area contributed by atoms with Crippen LogP contribution in [0, 0.1) is 12.7 Å². The predicted octanol–water partition coefficient (Wildman–Crippen LogP) is 5.62. The molecule has 0 aliphatic heterocycles. The second kappa shape index (κ2) is 7.62. The molecule has 0 fully saturated rings. The molecule has 0 aliphatic carbocycles. The Morgan fingerprint density at radius 3 is 2.48 bits per heavy atom. The first kappa shape index (κ1) is 17.3. The van der Waals surface area contributed by atoms with Crippen molar-refractivity contribution < 1.29 is 9.13 Å². The van der Waals surface area contributed by atoms with Crippen molar-refractivity contribution in [3.05, 3.63) is 84.2 Å². The first-order valence-electron chi connectivity index (χ1n) is 9.12. The summed E-state index contributed by atoms with van der Waals surface area (Å²) in [7, 11) is 0. The maximum atomic E-state index is 13.3. The van der Waals surface area contributed by atoms with E-state index in [-0.39, 0.29) is 5.82 Å². The molecule has 4 heteroatoms. The Hall–Kier alpha value is -3.14. The first-order chi connectivity index (χ1) is 13.2. The van der Waals surface area contributed by atoms with Crippen molar-refractivity contribution in [2.24, 2.45) is 0 Å². The molecule has 136 valence electrons. The van der Waals surface area contributed by atoms with Crippen LogP contribution < -0.4 is 4.74 Å². The second-order valence-electron chi connectivity index (χ2n) is 6.55. The summed E-state index contributed by atoms with van der Waals surface area (Å²) in [4.78, 5) is 4.76. The Labute approximate surface area is 158 Å². The summed E-state index contributed by atoms with van der Waals surface area (Å²) < 4.78 is 21.4. The molecule has 0 unspecified atom stereocenters. The molecule has 0 N–H and O–H groups in total. The third-order valence-electron chi connectivity index (χ3n) is 4.63. The van der Waals surface area contributed by atoms with Gasteiger partial charge < -0.3 is 9.30 Å². The number of fused-ring (bicyclic) bond motifs is 1. The van der Waals surface area contributed by atoms with Crippen molar-refractivity contribution in [2.75, 3.05) is 6.61 Å². The number of rotatable bonds is 6. The van der Waals surface area contributed by atoms with Crippen LogP contribution in [-0.2, 0) is 6.54 Å². The van der Waals surface area contributed by atoms with E-state index in [0.29, 0.717) is 6.61 Å². The van der Waals surface area contributed by atoms with Gasteiger partial charge in [0.2, 0.25) is 0 Å². The lowest BCUT2D eigenvalue weighted by molar-refractivity contribution is 0.301. The average Bonchev–Trinajstić information content (AvgIpc) is 3.06. The van der Waals surface area contributed by atoms with Crippen molar-refractivity contribution in [1.82, 2.24) is 9.55 Å². The van der Waals surface area contributed by atoms with Gasteiger partial charge in [-0.25, -0.2) is 9.37 Å².